The molecule has 1 N–H and O–H groups in total. The Balaban J connectivity index is 1.41. The number of carbonyl (C=O) groups is 4. The first-order valence-electron chi connectivity index (χ1n) is 16.2. The second kappa shape index (κ2) is 12.6. The number of aromatic hydroxyl groups is 1. The van der Waals surface area contributed by atoms with Crippen molar-refractivity contribution in [2.24, 2.45) is 17.8 Å². The van der Waals surface area contributed by atoms with Gasteiger partial charge in [0.1, 0.15) is 5.82 Å². The largest absolute Gasteiger partial charge is 0.503 e. The molecular weight excluding hydrogens is 776 g/mol. The van der Waals surface area contributed by atoms with Gasteiger partial charge in [0, 0.05) is 32.1 Å². The molecule has 0 radical (unpaired) electrons. The van der Waals surface area contributed by atoms with Crippen LogP contribution in [0.5, 0.6) is 11.5 Å². The summed E-state index contributed by atoms with van der Waals surface area (Å²) in [5, 5.41) is 34.6. The molecule has 4 aliphatic rings. The lowest BCUT2D eigenvalue weighted by Gasteiger charge is -2.50. The van der Waals surface area contributed by atoms with Gasteiger partial charge in [-0.3, -0.25) is 39.4 Å². The molecule has 2 aliphatic heterocycles. The molecule has 3 aromatic carbocycles. The van der Waals surface area contributed by atoms with Crippen LogP contribution in [-0.4, -0.2) is 69.5 Å². The summed E-state index contributed by atoms with van der Waals surface area (Å²) >= 11 is 21.1. The van der Waals surface area contributed by atoms with E-state index in [4.69, 9.17) is 39.5 Å². The highest BCUT2D eigenvalue weighted by molar-refractivity contribution is 6.58. The molecule has 19 heteroatoms. The fourth-order valence-electron chi connectivity index (χ4n) is 8.40. The average molecular weight is 803 g/mol. The summed E-state index contributed by atoms with van der Waals surface area (Å²) in [6.45, 7) is 0. The Morgan fingerprint density at radius 2 is 1.52 bits per heavy atom. The van der Waals surface area contributed by atoms with Crippen LogP contribution in [0.3, 0.4) is 0 Å². The number of rotatable bonds is 7. The van der Waals surface area contributed by atoms with Gasteiger partial charge in [-0.2, -0.15) is 0 Å². The molecule has 54 heavy (non-hydrogen) atoms. The predicted molar refractivity (Wildman–Crippen MR) is 193 cm³/mol. The Kier molecular flexibility index (Phi) is 8.66. The van der Waals surface area contributed by atoms with E-state index < -0.39 is 102 Å². The summed E-state index contributed by atoms with van der Waals surface area (Å²) in [4.78, 5) is 78.2. The van der Waals surface area contributed by atoms with E-state index >= 15 is 0 Å². The molecule has 1 saturated carbocycles. The molecule has 280 valence electrons. The van der Waals surface area contributed by atoms with Crippen molar-refractivity contribution in [1.82, 2.24) is 0 Å². The van der Waals surface area contributed by atoms with Gasteiger partial charge in [-0.1, -0.05) is 23.3 Å². The van der Waals surface area contributed by atoms with Crippen LogP contribution in [0.4, 0.5) is 32.8 Å². The van der Waals surface area contributed by atoms with Crippen LogP contribution in [0, 0.1) is 43.8 Å². The van der Waals surface area contributed by atoms with E-state index in [1.165, 1.54) is 50.4 Å². The zero-order valence-corrected chi connectivity index (χ0v) is 30.6. The number of hydrogen-bond donors (Lipinski definition) is 1. The number of amides is 4. The van der Waals surface area contributed by atoms with E-state index in [9.17, 15) is 48.9 Å². The Hall–Kier alpha value is -5.32. The van der Waals surface area contributed by atoms with Gasteiger partial charge in [0.25, 0.3) is 11.8 Å². The molecule has 3 fully saturated rings. The zero-order valence-electron chi connectivity index (χ0n) is 28.3. The molecule has 4 amide bonds. The molecule has 6 atom stereocenters. The molecule has 2 aliphatic carbocycles. The van der Waals surface area contributed by atoms with Crippen LogP contribution in [0.2, 0.25) is 5.02 Å². The SMILES string of the molecule is COc1cc(C2C3=CCC4C(=O)N(c5cc([N+](=O)[O-])c(N(C)C)c([N+](=O)[O-])c5)C(=O)C4C3CC3(Cl)C(=O)N(c4ccc(F)cc4)C(=O)C23Cl)cc(Cl)c1O. The van der Waals surface area contributed by atoms with Crippen LogP contribution in [0.15, 0.2) is 60.2 Å². The standard InChI is InChI=1S/C35H27Cl3FN5O10/c1-40(2)28-23(43(50)51)12-18(13-24(28)44(52)53)41-30(46)20-9-8-19-21(26(20)31(41)47)14-34(37)32(48)42(17-6-4-16(39)5-7-17)33(49)35(34,38)27(19)15-10-22(36)29(45)25(11-15)54-3/h4-8,10-13,20-21,26-27,45H,9,14H2,1-3H3. The highest BCUT2D eigenvalue weighted by atomic mass is 35.5. The first-order chi connectivity index (χ1) is 25.4. The fraction of sp³-hybridized carbons (Fsp3) is 0.314. The number of anilines is 3. The van der Waals surface area contributed by atoms with Crippen LogP contribution in [0.25, 0.3) is 0 Å². The van der Waals surface area contributed by atoms with Crippen LogP contribution >= 0.6 is 34.8 Å². The predicted octanol–water partition coefficient (Wildman–Crippen LogP) is 5.84. The lowest BCUT2D eigenvalue weighted by molar-refractivity contribution is -0.392. The van der Waals surface area contributed by atoms with Crippen molar-refractivity contribution in [3.05, 3.63) is 96.8 Å². The average Bonchev–Trinajstić information content (AvgIpc) is 3.46. The monoisotopic (exact) mass is 801 g/mol. The third kappa shape index (κ3) is 4.99. The van der Waals surface area contributed by atoms with Crippen molar-refractivity contribution >= 4 is 86.9 Å². The fourth-order valence-corrected chi connectivity index (χ4v) is 9.55. The zero-order chi connectivity index (χ0) is 39.3. The number of hydrogen-bond acceptors (Lipinski definition) is 11. The molecule has 0 bridgehead atoms. The number of methoxy groups -OCH3 is 1. The van der Waals surface area contributed by atoms with Crippen molar-refractivity contribution in [3.8, 4) is 11.5 Å². The Labute approximate surface area is 319 Å². The first kappa shape index (κ1) is 37.0. The number of nitrogens with zero attached hydrogens (tertiary/aromatic N) is 5. The van der Waals surface area contributed by atoms with E-state index in [2.05, 4.69) is 0 Å². The highest BCUT2D eigenvalue weighted by Crippen LogP contribution is 2.66. The summed E-state index contributed by atoms with van der Waals surface area (Å²) < 4.78 is 19.3. The van der Waals surface area contributed by atoms with Gasteiger partial charge in [-0.05, 0) is 60.7 Å². The van der Waals surface area contributed by atoms with Gasteiger partial charge in [0.2, 0.25) is 11.8 Å². The van der Waals surface area contributed by atoms with E-state index in [1.807, 2.05) is 0 Å². The second-order valence-electron chi connectivity index (χ2n) is 13.6. The molecule has 2 heterocycles. The highest BCUT2D eigenvalue weighted by Gasteiger charge is 2.76. The molecular formula is C35H27Cl3FN5O10. The van der Waals surface area contributed by atoms with E-state index in [1.54, 1.807) is 6.08 Å². The summed E-state index contributed by atoms with van der Waals surface area (Å²) in [7, 11) is 3.98. The maximum Gasteiger partial charge on any atom is 0.301 e. The normalized spacial score (nSPS) is 27.4. The lowest BCUT2D eigenvalue weighted by Crippen LogP contribution is -2.60. The van der Waals surface area contributed by atoms with Crippen LogP contribution < -0.4 is 19.4 Å². The minimum Gasteiger partial charge on any atom is -0.503 e. The summed E-state index contributed by atoms with van der Waals surface area (Å²) in [5.74, 6) is -9.66. The van der Waals surface area contributed by atoms with Crippen molar-refractivity contribution in [1.29, 1.82) is 0 Å². The van der Waals surface area contributed by atoms with E-state index in [0.717, 1.165) is 29.2 Å². The molecule has 7 rings (SSSR count). The van der Waals surface area contributed by atoms with Gasteiger partial charge >= 0.3 is 11.4 Å². The lowest BCUT2D eigenvalue weighted by atomic mass is 9.56. The van der Waals surface area contributed by atoms with Crippen molar-refractivity contribution in [2.75, 3.05) is 35.9 Å². The summed E-state index contributed by atoms with van der Waals surface area (Å²) in [6.07, 6.45) is 1.04. The topological polar surface area (TPSA) is 194 Å². The van der Waals surface area contributed by atoms with E-state index in [0.29, 0.717) is 10.5 Å². The van der Waals surface area contributed by atoms with Crippen molar-refractivity contribution < 1.29 is 43.3 Å². The minimum atomic E-state index is -2.32. The number of fused-ring (bicyclic) bond motifs is 4. The molecule has 0 spiro atoms. The van der Waals surface area contributed by atoms with Gasteiger partial charge in [-0.25, -0.2) is 14.2 Å². The van der Waals surface area contributed by atoms with Crippen LogP contribution in [0.1, 0.15) is 24.3 Å². The van der Waals surface area contributed by atoms with Gasteiger partial charge < -0.3 is 14.7 Å². The number of ether oxygens (including phenoxy) is 1. The number of imide groups is 2. The van der Waals surface area contributed by atoms with Crippen molar-refractivity contribution in [3.63, 3.8) is 0 Å². The van der Waals surface area contributed by atoms with Gasteiger partial charge in [-0.15, -0.1) is 23.2 Å². The smallest absolute Gasteiger partial charge is 0.301 e. The molecule has 6 unspecified atom stereocenters. The third-order valence-corrected chi connectivity index (χ3v) is 12.4. The summed E-state index contributed by atoms with van der Waals surface area (Å²) in [6, 6.07) is 8.92. The number of nitro benzene ring substituents is 2. The number of alkyl halides is 2. The van der Waals surface area contributed by atoms with E-state index in [-0.39, 0.29) is 34.1 Å². The Morgan fingerprint density at radius 1 is 0.907 bits per heavy atom. The first-order valence-corrected chi connectivity index (χ1v) is 17.3. The molecule has 0 aromatic heterocycles. The number of phenols is 1. The second-order valence-corrected chi connectivity index (χ2v) is 15.2. The molecule has 3 aromatic rings. The number of phenolic OH excluding ortho intramolecular Hbond substituents is 1. The number of carbonyl (C=O) groups excluding carboxylic acids is 4. The number of benzene rings is 3. The van der Waals surface area contributed by atoms with Gasteiger partial charge in [0.05, 0.1) is 45.2 Å². The maximum atomic E-state index is 14.6. The quantitative estimate of drug-likeness (QED) is 0.0991. The number of halogens is 4. The Bertz CT molecular complexity index is 2240. The number of nitro groups is 2. The molecule has 2 saturated heterocycles. The third-order valence-electron chi connectivity index (χ3n) is 10.7. The molecule has 15 nitrogen and oxygen atoms in total. The van der Waals surface area contributed by atoms with Gasteiger partial charge in [0.15, 0.2) is 26.9 Å². The number of allylic oxidation sites excluding steroid dienone is 2. The summed E-state index contributed by atoms with van der Waals surface area (Å²) in [5.41, 5.74) is -1.77. The van der Waals surface area contributed by atoms with Crippen LogP contribution in [-0.2, 0) is 19.2 Å². The Morgan fingerprint density at radius 3 is 2.07 bits per heavy atom. The maximum absolute atomic E-state index is 14.6. The minimum absolute atomic E-state index is 0.0431. The van der Waals surface area contributed by atoms with Crippen molar-refractivity contribution in [2.45, 2.75) is 28.5 Å².